The summed E-state index contributed by atoms with van der Waals surface area (Å²) in [6.07, 6.45) is 0. The molecule has 4 heteroatoms. The van der Waals surface area contributed by atoms with Gasteiger partial charge in [-0.05, 0) is 31.8 Å². The smallest absolute Gasteiger partial charge is 0.270 e. The van der Waals surface area contributed by atoms with E-state index in [1.807, 2.05) is 67.5 Å². The van der Waals surface area contributed by atoms with Gasteiger partial charge in [-0.25, -0.2) is 0 Å². The van der Waals surface area contributed by atoms with Crippen molar-refractivity contribution in [3.63, 3.8) is 0 Å². The maximum absolute atomic E-state index is 13.0. The van der Waals surface area contributed by atoms with Gasteiger partial charge in [-0.3, -0.25) is 4.79 Å². The molecule has 3 aromatic rings. The molecule has 3 rings (SSSR count). The van der Waals surface area contributed by atoms with Crippen molar-refractivity contribution in [2.45, 2.75) is 6.54 Å². The van der Waals surface area contributed by atoms with Crippen molar-refractivity contribution >= 4 is 16.8 Å². The number of benzene rings is 2. The van der Waals surface area contributed by atoms with E-state index in [0.717, 1.165) is 23.0 Å². The summed E-state index contributed by atoms with van der Waals surface area (Å²) in [5.74, 6) is 0.0388. The zero-order valence-corrected chi connectivity index (χ0v) is 14.2. The molecule has 0 aliphatic heterocycles. The molecule has 0 fully saturated rings. The number of amides is 1. The van der Waals surface area contributed by atoms with E-state index in [9.17, 15) is 4.79 Å². The Morgan fingerprint density at radius 2 is 1.67 bits per heavy atom. The number of H-pyrrole nitrogens is 1. The van der Waals surface area contributed by atoms with E-state index in [4.69, 9.17) is 0 Å². The number of carbonyl (C=O) groups is 1. The minimum atomic E-state index is 0.0388. The summed E-state index contributed by atoms with van der Waals surface area (Å²) >= 11 is 0. The van der Waals surface area contributed by atoms with Crippen molar-refractivity contribution in [3.05, 3.63) is 71.9 Å². The molecule has 0 atom stereocenters. The van der Waals surface area contributed by atoms with E-state index in [0.29, 0.717) is 18.8 Å². The highest BCUT2D eigenvalue weighted by molar-refractivity contribution is 5.98. The summed E-state index contributed by atoms with van der Waals surface area (Å²) in [4.78, 5) is 20.2. The van der Waals surface area contributed by atoms with Crippen LogP contribution in [0.5, 0.6) is 0 Å². The van der Waals surface area contributed by atoms with Gasteiger partial charge in [-0.1, -0.05) is 48.5 Å². The second-order valence-corrected chi connectivity index (χ2v) is 6.29. The third kappa shape index (κ3) is 3.84. The van der Waals surface area contributed by atoms with Crippen LogP contribution in [0.3, 0.4) is 0 Å². The van der Waals surface area contributed by atoms with E-state index in [1.54, 1.807) is 0 Å². The fourth-order valence-corrected chi connectivity index (χ4v) is 2.74. The van der Waals surface area contributed by atoms with E-state index in [-0.39, 0.29) is 5.91 Å². The maximum atomic E-state index is 13.0. The molecule has 24 heavy (non-hydrogen) atoms. The van der Waals surface area contributed by atoms with Crippen molar-refractivity contribution < 1.29 is 4.79 Å². The molecule has 124 valence electrons. The van der Waals surface area contributed by atoms with Gasteiger partial charge in [0, 0.05) is 30.5 Å². The molecule has 0 saturated heterocycles. The summed E-state index contributed by atoms with van der Waals surface area (Å²) < 4.78 is 0. The van der Waals surface area contributed by atoms with Gasteiger partial charge >= 0.3 is 0 Å². The van der Waals surface area contributed by atoms with E-state index in [2.05, 4.69) is 22.0 Å². The average Bonchev–Trinajstić information content (AvgIpc) is 3.03. The highest BCUT2D eigenvalue weighted by Crippen LogP contribution is 2.17. The van der Waals surface area contributed by atoms with Crippen LogP contribution in [0.25, 0.3) is 10.9 Å². The third-order valence-electron chi connectivity index (χ3n) is 4.08. The summed E-state index contributed by atoms with van der Waals surface area (Å²) in [7, 11) is 4.04. The average molecular weight is 321 g/mol. The Morgan fingerprint density at radius 3 is 2.38 bits per heavy atom. The number of carbonyl (C=O) groups excluding carboxylic acids is 1. The fraction of sp³-hybridized carbons (Fsp3) is 0.250. The van der Waals surface area contributed by atoms with Crippen molar-refractivity contribution in [3.8, 4) is 0 Å². The molecule has 0 spiro atoms. The SMILES string of the molecule is CN(C)CCN(Cc1ccccc1)C(=O)c1cc2ccccc2[nH]1. The predicted octanol–water partition coefficient (Wildman–Crippen LogP) is 3.37. The molecule has 4 nitrogen and oxygen atoms in total. The third-order valence-corrected chi connectivity index (χ3v) is 4.08. The zero-order chi connectivity index (χ0) is 16.9. The lowest BCUT2D eigenvalue weighted by Gasteiger charge is -2.24. The number of aromatic amines is 1. The molecule has 0 aliphatic carbocycles. The molecule has 0 radical (unpaired) electrons. The van der Waals surface area contributed by atoms with Gasteiger partial charge in [0.05, 0.1) is 0 Å². The van der Waals surface area contributed by atoms with Gasteiger partial charge in [0.1, 0.15) is 5.69 Å². The second-order valence-electron chi connectivity index (χ2n) is 6.29. The Labute approximate surface area is 142 Å². The largest absolute Gasteiger partial charge is 0.351 e. The number of aromatic nitrogens is 1. The van der Waals surface area contributed by atoms with E-state index in [1.165, 1.54) is 0 Å². The lowest BCUT2D eigenvalue weighted by molar-refractivity contribution is 0.0727. The molecule has 1 amide bonds. The first-order valence-corrected chi connectivity index (χ1v) is 8.19. The molecular formula is C20H23N3O. The monoisotopic (exact) mass is 321 g/mol. The first-order chi connectivity index (χ1) is 11.6. The van der Waals surface area contributed by atoms with Crippen LogP contribution in [0, 0.1) is 0 Å². The van der Waals surface area contributed by atoms with Crippen LogP contribution in [0.1, 0.15) is 16.1 Å². The normalized spacial score (nSPS) is 11.1. The summed E-state index contributed by atoms with van der Waals surface area (Å²) in [6, 6.07) is 20.0. The summed E-state index contributed by atoms with van der Waals surface area (Å²) in [5, 5.41) is 1.06. The topological polar surface area (TPSA) is 39.3 Å². The number of likely N-dealkylation sites (N-methyl/N-ethyl adjacent to an activating group) is 1. The van der Waals surface area contributed by atoms with Gasteiger partial charge in [-0.2, -0.15) is 0 Å². The first-order valence-electron chi connectivity index (χ1n) is 8.19. The maximum Gasteiger partial charge on any atom is 0.270 e. The summed E-state index contributed by atoms with van der Waals surface area (Å²) in [5.41, 5.74) is 2.78. The minimum Gasteiger partial charge on any atom is -0.351 e. The molecule has 0 aliphatic rings. The van der Waals surface area contributed by atoms with Crippen LogP contribution in [-0.4, -0.2) is 47.9 Å². The van der Waals surface area contributed by atoms with Gasteiger partial charge in [-0.15, -0.1) is 0 Å². The van der Waals surface area contributed by atoms with Crippen LogP contribution in [0.15, 0.2) is 60.7 Å². The number of hydrogen-bond acceptors (Lipinski definition) is 2. The Hall–Kier alpha value is -2.59. The van der Waals surface area contributed by atoms with Crippen LogP contribution in [-0.2, 0) is 6.54 Å². The van der Waals surface area contributed by atoms with Crippen molar-refractivity contribution in [1.29, 1.82) is 0 Å². The van der Waals surface area contributed by atoms with Gasteiger partial charge in [0.2, 0.25) is 0 Å². The number of fused-ring (bicyclic) bond motifs is 1. The number of nitrogens with zero attached hydrogens (tertiary/aromatic N) is 2. The number of rotatable bonds is 6. The molecule has 2 aromatic carbocycles. The Morgan fingerprint density at radius 1 is 0.958 bits per heavy atom. The highest BCUT2D eigenvalue weighted by Gasteiger charge is 2.18. The van der Waals surface area contributed by atoms with Crippen molar-refractivity contribution in [1.82, 2.24) is 14.8 Å². The molecule has 0 saturated carbocycles. The Bertz CT molecular complexity index is 775. The fourth-order valence-electron chi connectivity index (χ4n) is 2.74. The van der Waals surface area contributed by atoms with Crippen LogP contribution in [0.2, 0.25) is 0 Å². The molecular weight excluding hydrogens is 298 g/mol. The van der Waals surface area contributed by atoms with Crippen LogP contribution >= 0.6 is 0 Å². The molecule has 1 aromatic heterocycles. The van der Waals surface area contributed by atoms with Gasteiger partial charge in [0.15, 0.2) is 0 Å². The van der Waals surface area contributed by atoms with Gasteiger partial charge in [0.25, 0.3) is 5.91 Å². The van der Waals surface area contributed by atoms with E-state index >= 15 is 0 Å². The summed E-state index contributed by atoms with van der Waals surface area (Å²) in [6.45, 7) is 2.14. The van der Waals surface area contributed by atoms with Crippen molar-refractivity contribution in [2.24, 2.45) is 0 Å². The first kappa shape index (κ1) is 16.3. The number of hydrogen-bond donors (Lipinski definition) is 1. The predicted molar refractivity (Wildman–Crippen MR) is 98.0 cm³/mol. The van der Waals surface area contributed by atoms with Crippen LogP contribution < -0.4 is 0 Å². The molecule has 0 unspecified atom stereocenters. The lowest BCUT2D eigenvalue weighted by atomic mass is 10.2. The molecule has 1 heterocycles. The second kappa shape index (κ2) is 7.32. The molecule has 1 N–H and O–H groups in total. The minimum absolute atomic E-state index is 0.0388. The standard InChI is InChI=1S/C20H23N3O/c1-22(2)12-13-23(15-16-8-4-3-5-9-16)20(24)19-14-17-10-6-7-11-18(17)21-19/h3-11,14,21H,12-13,15H2,1-2H3. The zero-order valence-electron chi connectivity index (χ0n) is 14.2. The Balaban J connectivity index is 1.84. The lowest BCUT2D eigenvalue weighted by Crippen LogP contribution is -2.36. The molecule has 0 bridgehead atoms. The number of nitrogens with one attached hydrogen (secondary N) is 1. The van der Waals surface area contributed by atoms with Gasteiger partial charge < -0.3 is 14.8 Å². The van der Waals surface area contributed by atoms with Crippen LogP contribution in [0.4, 0.5) is 0 Å². The number of para-hydroxylation sites is 1. The quantitative estimate of drug-likeness (QED) is 0.756. The highest BCUT2D eigenvalue weighted by atomic mass is 16.2. The Kier molecular flexibility index (Phi) is 4.96. The van der Waals surface area contributed by atoms with Crippen molar-refractivity contribution in [2.75, 3.05) is 27.2 Å². The van der Waals surface area contributed by atoms with E-state index < -0.39 is 0 Å².